The van der Waals surface area contributed by atoms with Gasteiger partial charge >= 0.3 is 0 Å². The molecule has 0 radical (unpaired) electrons. The molecule has 1 aromatic carbocycles. The number of hydrogen-bond acceptors (Lipinski definition) is 3. The van der Waals surface area contributed by atoms with Gasteiger partial charge in [-0.15, -0.1) is 0 Å². The predicted octanol–water partition coefficient (Wildman–Crippen LogP) is 1.37. The molecule has 0 spiro atoms. The molecule has 1 N–H and O–H groups in total. The zero-order valence-corrected chi connectivity index (χ0v) is 10.3. The van der Waals surface area contributed by atoms with Crippen molar-refractivity contribution in [3.05, 3.63) is 29.8 Å². The smallest absolute Gasteiger partial charge is 0.242 e. The van der Waals surface area contributed by atoms with Crippen molar-refractivity contribution in [1.82, 2.24) is 5.01 Å². The normalized spacial score (nSPS) is 17.7. The Morgan fingerprint density at radius 1 is 1.47 bits per heavy atom. The quantitative estimate of drug-likeness (QED) is 0.859. The molecule has 1 aliphatic heterocycles. The van der Waals surface area contributed by atoms with Gasteiger partial charge < -0.3 is 5.11 Å². The highest BCUT2D eigenvalue weighted by atomic mass is 16.3. The van der Waals surface area contributed by atoms with Crippen LogP contribution in [0, 0.1) is 0 Å². The SMILES string of the molecule is CC(CO)c1cccc(N2CCC(=O)N2C)c1. The van der Waals surface area contributed by atoms with Gasteiger partial charge in [-0.05, 0) is 17.7 Å². The number of carbonyl (C=O) groups excluding carboxylic acids is 1. The monoisotopic (exact) mass is 234 g/mol. The number of hydrogen-bond donors (Lipinski definition) is 1. The van der Waals surface area contributed by atoms with Gasteiger partial charge in [0.15, 0.2) is 0 Å². The Balaban J connectivity index is 2.24. The average molecular weight is 234 g/mol. The molecule has 0 aromatic heterocycles. The molecule has 1 saturated heterocycles. The van der Waals surface area contributed by atoms with Crippen LogP contribution in [-0.4, -0.2) is 36.2 Å². The van der Waals surface area contributed by atoms with E-state index in [1.807, 2.05) is 36.2 Å². The van der Waals surface area contributed by atoms with Crippen LogP contribution in [0.2, 0.25) is 0 Å². The first kappa shape index (κ1) is 11.9. The fourth-order valence-electron chi connectivity index (χ4n) is 2.05. The second kappa shape index (κ2) is 4.75. The van der Waals surface area contributed by atoms with Crippen LogP contribution in [0.25, 0.3) is 0 Å². The van der Waals surface area contributed by atoms with E-state index in [9.17, 15) is 4.79 Å². The number of anilines is 1. The summed E-state index contributed by atoms with van der Waals surface area (Å²) in [5, 5.41) is 12.8. The van der Waals surface area contributed by atoms with Gasteiger partial charge in [-0.2, -0.15) is 0 Å². The summed E-state index contributed by atoms with van der Waals surface area (Å²) in [6.45, 7) is 2.85. The maximum absolute atomic E-state index is 11.5. The number of carbonyl (C=O) groups is 1. The van der Waals surface area contributed by atoms with Crippen molar-refractivity contribution in [2.45, 2.75) is 19.3 Å². The fourth-order valence-corrected chi connectivity index (χ4v) is 2.05. The first-order valence-corrected chi connectivity index (χ1v) is 5.88. The Hall–Kier alpha value is -1.55. The molecular formula is C13H18N2O2. The Morgan fingerprint density at radius 2 is 2.24 bits per heavy atom. The minimum absolute atomic E-state index is 0.124. The molecule has 1 aromatic rings. The van der Waals surface area contributed by atoms with E-state index in [0.29, 0.717) is 6.42 Å². The Morgan fingerprint density at radius 3 is 2.82 bits per heavy atom. The average Bonchev–Trinajstić information content (AvgIpc) is 2.69. The van der Waals surface area contributed by atoms with Crippen molar-refractivity contribution in [2.75, 3.05) is 25.2 Å². The third-order valence-electron chi connectivity index (χ3n) is 3.27. The van der Waals surface area contributed by atoms with Gasteiger partial charge in [0.05, 0.1) is 5.69 Å². The van der Waals surface area contributed by atoms with Crippen LogP contribution in [0.1, 0.15) is 24.8 Å². The molecule has 4 nitrogen and oxygen atoms in total. The molecule has 17 heavy (non-hydrogen) atoms. The van der Waals surface area contributed by atoms with Gasteiger partial charge in [-0.1, -0.05) is 19.1 Å². The molecule has 1 aliphatic rings. The van der Waals surface area contributed by atoms with Crippen molar-refractivity contribution in [2.24, 2.45) is 0 Å². The molecule has 1 amide bonds. The molecule has 92 valence electrons. The van der Waals surface area contributed by atoms with E-state index < -0.39 is 0 Å². The van der Waals surface area contributed by atoms with E-state index in [1.165, 1.54) is 0 Å². The number of rotatable bonds is 3. The van der Waals surface area contributed by atoms with Gasteiger partial charge in [0.25, 0.3) is 0 Å². The number of amides is 1. The number of hydrazine groups is 1. The van der Waals surface area contributed by atoms with Gasteiger partial charge in [0.2, 0.25) is 5.91 Å². The van der Waals surface area contributed by atoms with Crippen LogP contribution < -0.4 is 5.01 Å². The lowest BCUT2D eigenvalue weighted by molar-refractivity contribution is -0.126. The topological polar surface area (TPSA) is 43.8 Å². The minimum atomic E-state index is 0.124. The fraction of sp³-hybridized carbons (Fsp3) is 0.462. The Labute approximate surface area is 101 Å². The predicted molar refractivity (Wildman–Crippen MR) is 66.7 cm³/mol. The summed E-state index contributed by atoms with van der Waals surface area (Å²) < 4.78 is 0. The van der Waals surface area contributed by atoms with Crippen molar-refractivity contribution in [3.8, 4) is 0 Å². The van der Waals surface area contributed by atoms with Crippen molar-refractivity contribution in [3.63, 3.8) is 0 Å². The lowest BCUT2D eigenvalue weighted by atomic mass is 10.0. The van der Waals surface area contributed by atoms with E-state index in [0.717, 1.165) is 17.8 Å². The zero-order chi connectivity index (χ0) is 12.4. The molecular weight excluding hydrogens is 216 g/mol. The Kier molecular flexibility index (Phi) is 3.33. The third kappa shape index (κ3) is 2.26. The molecule has 1 unspecified atom stereocenters. The van der Waals surface area contributed by atoms with Crippen LogP contribution in [-0.2, 0) is 4.79 Å². The van der Waals surface area contributed by atoms with Crippen molar-refractivity contribution >= 4 is 11.6 Å². The second-order valence-electron chi connectivity index (χ2n) is 4.47. The van der Waals surface area contributed by atoms with E-state index >= 15 is 0 Å². The van der Waals surface area contributed by atoms with E-state index in [-0.39, 0.29) is 18.4 Å². The molecule has 0 bridgehead atoms. The summed E-state index contributed by atoms with van der Waals surface area (Å²) >= 11 is 0. The Bertz CT molecular complexity index is 420. The van der Waals surface area contributed by atoms with Gasteiger partial charge in [-0.25, -0.2) is 0 Å². The summed E-state index contributed by atoms with van der Waals surface area (Å²) in [5.41, 5.74) is 2.11. The minimum Gasteiger partial charge on any atom is -0.396 e. The van der Waals surface area contributed by atoms with E-state index in [1.54, 1.807) is 12.1 Å². The molecule has 1 heterocycles. The molecule has 1 fully saturated rings. The van der Waals surface area contributed by atoms with E-state index in [4.69, 9.17) is 5.11 Å². The summed E-state index contributed by atoms with van der Waals surface area (Å²) in [5.74, 6) is 0.268. The molecule has 1 atom stereocenters. The second-order valence-corrected chi connectivity index (χ2v) is 4.47. The van der Waals surface area contributed by atoms with Crippen LogP contribution >= 0.6 is 0 Å². The molecule has 0 aliphatic carbocycles. The molecule has 2 rings (SSSR count). The summed E-state index contributed by atoms with van der Waals surface area (Å²) in [7, 11) is 1.79. The highest BCUT2D eigenvalue weighted by molar-refractivity contribution is 5.81. The molecule has 4 heteroatoms. The van der Waals surface area contributed by atoms with Crippen LogP contribution in [0.3, 0.4) is 0 Å². The summed E-state index contributed by atoms with van der Waals surface area (Å²) in [6, 6.07) is 7.99. The van der Waals surface area contributed by atoms with Gasteiger partial charge in [0.1, 0.15) is 0 Å². The van der Waals surface area contributed by atoms with Crippen molar-refractivity contribution in [1.29, 1.82) is 0 Å². The number of benzene rings is 1. The van der Waals surface area contributed by atoms with Crippen LogP contribution in [0.4, 0.5) is 5.69 Å². The lowest BCUT2D eigenvalue weighted by Gasteiger charge is -2.26. The highest BCUT2D eigenvalue weighted by Crippen LogP contribution is 2.25. The van der Waals surface area contributed by atoms with Crippen molar-refractivity contribution < 1.29 is 9.90 Å². The zero-order valence-electron chi connectivity index (χ0n) is 10.3. The standard InChI is InChI=1S/C13H18N2O2/c1-10(9-16)11-4-3-5-12(8-11)15-7-6-13(17)14(15)2/h3-5,8,10,16H,6-7,9H2,1-2H3. The highest BCUT2D eigenvalue weighted by Gasteiger charge is 2.25. The first-order chi connectivity index (χ1) is 8.13. The summed E-state index contributed by atoms with van der Waals surface area (Å²) in [4.78, 5) is 11.5. The number of aliphatic hydroxyl groups is 1. The van der Waals surface area contributed by atoms with E-state index in [2.05, 4.69) is 0 Å². The van der Waals surface area contributed by atoms with Crippen LogP contribution in [0.5, 0.6) is 0 Å². The maximum Gasteiger partial charge on any atom is 0.242 e. The first-order valence-electron chi connectivity index (χ1n) is 5.88. The summed E-state index contributed by atoms with van der Waals surface area (Å²) in [6.07, 6.45) is 0.566. The largest absolute Gasteiger partial charge is 0.396 e. The van der Waals surface area contributed by atoms with Crippen LogP contribution in [0.15, 0.2) is 24.3 Å². The van der Waals surface area contributed by atoms with Gasteiger partial charge in [0, 0.05) is 32.5 Å². The van der Waals surface area contributed by atoms with Gasteiger partial charge in [-0.3, -0.25) is 14.8 Å². The molecule has 0 saturated carbocycles. The maximum atomic E-state index is 11.5. The lowest BCUT2D eigenvalue weighted by Crippen LogP contribution is -2.35. The number of nitrogens with zero attached hydrogens (tertiary/aromatic N) is 2. The number of aliphatic hydroxyl groups excluding tert-OH is 1. The third-order valence-corrected chi connectivity index (χ3v) is 3.27.